The van der Waals surface area contributed by atoms with Crippen molar-refractivity contribution in [3.8, 4) is 17.6 Å². The van der Waals surface area contributed by atoms with Crippen molar-refractivity contribution in [1.29, 1.82) is 0 Å². The van der Waals surface area contributed by atoms with E-state index in [9.17, 15) is 8.42 Å². The zero-order valence-electron chi connectivity index (χ0n) is 12.1. The van der Waals surface area contributed by atoms with E-state index in [1.165, 1.54) is 19.2 Å². The smallest absolute Gasteiger partial charge is 0.240 e. The molecule has 2 atom stereocenters. The maximum absolute atomic E-state index is 12.2. The van der Waals surface area contributed by atoms with Crippen LogP contribution in [0.5, 0.6) is 5.75 Å². The van der Waals surface area contributed by atoms with Crippen molar-refractivity contribution < 1.29 is 18.3 Å². The van der Waals surface area contributed by atoms with Gasteiger partial charge in [0.25, 0.3) is 0 Å². The van der Waals surface area contributed by atoms with Crippen LogP contribution in [-0.2, 0) is 10.0 Å². The average Bonchev–Trinajstić information content (AvgIpc) is 3.18. The van der Waals surface area contributed by atoms with Crippen molar-refractivity contribution in [2.24, 2.45) is 11.8 Å². The van der Waals surface area contributed by atoms with Gasteiger partial charge in [0.2, 0.25) is 10.0 Å². The molecule has 1 aliphatic rings. The van der Waals surface area contributed by atoms with Crippen molar-refractivity contribution in [1.82, 2.24) is 4.72 Å². The maximum Gasteiger partial charge on any atom is 0.240 e. The Morgan fingerprint density at radius 1 is 1.48 bits per heavy atom. The highest BCUT2D eigenvalue weighted by Crippen LogP contribution is 2.37. The molecule has 0 radical (unpaired) electrons. The van der Waals surface area contributed by atoms with Crippen LogP contribution in [0.15, 0.2) is 23.1 Å². The molecule has 2 rings (SSSR count). The molecular weight excluding hydrogens is 290 g/mol. The summed E-state index contributed by atoms with van der Waals surface area (Å²) in [4.78, 5) is 0.152. The highest BCUT2D eigenvalue weighted by atomic mass is 32.2. The molecule has 0 aliphatic heterocycles. The highest BCUT2D eigenvalue weighted by Gasteiger charge is 2.33. The molecule has 0 saturated heterocycles. The van der Waals surface area contributed by atoms with Crippen molar-refractivity contribution in [2.45, 2.75) is 18.2 Å². The van der Waals surface area contributed by atoms with Gasteiger partial charge in [0, 0.05) is 6.54 Å². The van der Waals surface area contributed by atoms with Gasteiger partial charge in [-0.25, -0.2) is 13.1 Å². The highest BCUT2D eigenvalue weighted by molar-refractivity contribution is 7.89. The summed E-state index contributed by atoms with van der Waals surface area (Å²) in [5.74, 6) is 6.69. The minimum absolute atomic E-state index is 0.152. The zero-order chi connectivity index (χ0) is 15.5. The lowest BCUT2D eigenvalue weighted by molar-refractivity contribution is 0.350. The number of hydrogen-bond donors (Lipinski definition) is 2. The third-order valence-electron chi connectivity index (χ3n) is 3.60. The Morgan fingerprint density at radius 3 is 2.76 bits per heavy atom. The van der Waals surface area contributed by atoms with E-state index in [4.69, 9.17) is 9.84 Å². The number of hydrogen-bond acceptors (Lipinski definition) is 4. The minimum atomic E-state index is -3.55. The van der Waals surface area contributed by atoms with Crippen LogP contribution in [0.25, 0.3) is 0 Å². The lowest BCUT2D eigenvalue weighted by Gasteiger charge is -2.09. The second kappa shape index (κ2) is 6.48. The Labute approximate surface area is 125 Å². The molecule has 1 aliphatic carbocycles. The Bertz CT molecular complexity index is 673. The van der Waals surface area contributed by atoms with Crippen molar-refractivity contribution in [2.75, 3.05) is 20.3 Å². The first-order valence-corrected chi connectivity index (χ1v) is 8.23. The van der Waals surface area contributed by atoms with Gasteiger partial charge in [-0.05, 0) is 36.5 Å². The molecule has 0 aromatic heterocycles. The molecule has 114 valence electrons. The largest absolute Gasteiger partial charge is 0.495 e. The molecule has 2 unspecified atom stereocenters. The summed E-state index contributed by atoms with van der Waals surface area (Å²) in [6.45, 7) is 2.28. The van der Waals surface area contributed by atoms with Crippen LogP contribution in [0.4, 0.5) is 0 Å². The van der Waals surface area contributed by atoms with E-state index in [1.807, 2.05) is 0 Å². The van der Waals surface area contributed by atoms with E-state index in [-0.39, 0.29) is 11.5 Å². The van der Waals surface area contributed by atoms with Gasteiger partial charge in [0.1, 0.15) is 12.4 Å². The normalized spacial score (nSPS) is 20.5. The van der Waals surface area contributed by atoms with Crippen LogP contribution in [0, 0.1) is 23.7 Å². The first-order chi connectivity index (χ1) is 9.97. The number of sulfonamides is 1. The summed E-state index contributed by atoms with van der Waals surface area (Å²) in [6, 6.07) is 4.51. The van der Waals surface area contributed by atoms with Crippen LogP contribution in [0.1, 0.15) is 18.9 Å². The number of ether oxygens (including phenoxy) is 1. The molecule has 21 heavy (non-hydrogen) atoms. The van der Waals surface area contributed by atoms with E-state index in [1.54, 1.807) is 6.07 Å². The zero-order valence-corrected chi connectivity index (χ0v) is 12.9. The van der Waals surface area contributed by atoms with Gasteiger partial charge in [0.15, 0.2) is 0 Å². The standard InChI is InChI=1S/C15H19NO4S/c1-11-8-13(11)10-16-21(18,19)14-5-6-15(20-2)12(9-14)4-3-7-17/h5-6,9,11,13,16-17H,7-8,10H2,1-2H3. The minimum Gasteiger partial charge on any atom is -0.495 e. The molecule has 0 bridgehead atoms. The SMILES string of the molecule is COc1ccc(S(=O)(=O)NCC2CC2C)cc1C#CCO. The van der Waals surface area contributed by atoms with Crippen molar-refractivity contribution >= 4 is 10.0 Å². The van der Waals surface area contributed by atoms with E-state index in [0.29, 0.717) is 29.7 Å². The van der Waals surface area contributed by atoms with Crippen LogP contribution in [-0.4, -0.2) is 33.8 Å². The Morgan fingerprint density at radius 2 is 2.19 bits per heavy atom. The van der Waals surface area contributed by atoms with Gasteiger partial charge in [-0.3, -0.25) is 0 Å². The second-order valence-electron chi connectivity index (χ2n) is 5.15. The fourth-order valence-corrected chi connectivity index (χ4v) is 3.19. The number of methoxy groups -OCH3 is 1. The molecule has 0 spiro atoms. The molecule has 1 aromatic rings. The third kappa shape index (κ3) is 3.97. The number of rotatable bonds is 5. The van der Waals surface area contributed by atoms with Gasteiger partial charge in [-0.2, -0.15) is 0 Å². The molecule has 1 saturated carbocycles. The predicted molar refractivity (Wildman–Crippen MR) is 79.4 cm³/mol. The van der Waals surface area contributed by atoms with Crippen molar-refractivity contribution in [3.63, 3.8) is 0 Å². The van der Waals surface area contributed by atoms with Crippen molar-refractivity contribution in [3.05, 3.63) is 23.8 Å². The molecule has 2 N–H and O–H groups in total. The molecule has 0 heterocycles. The topological polar surface area (TPSA) is 75.6 Å². The van der Waals surface area contributed by atoms with E-state index in [2.05, 4.69) is 23.5 Å². The Kier molecular flexibility index (Phi) is 4.88. The van der Waals surface area contributed by atoms with Crippen LogP contribution >= 0.6 is 0 Å². The van der Waals surface area contributed by atoms with Crippen LogP contribution in [0.2, 0.25) is 0 Å². The fraction of sp³-hybridized carbons (Fsp3) is 0.467. The number of nitrogens with one attached hydrogen (secondary N) is 1. The first-order valence-electron chi connectivity index (χ1n) is 6.75. The fourth-order valence-electron chi connectivity index (χ4n) is 2.07. The quantitative estimate of drug-likeness (QED) is 0.795. The Hall–Kier alpha value is -1.55. The molecule has 6 heteroatoms. The van der Waals surface area contributed by atoms with E-state index < -0.39 is 10.0 Å². The van der Waals surface area contributed by atoms with Gasteiger partial charge < -0.3 is 9.84 Å². The number of aliphatic hydroxyl groups is 1. The van der Waals surface area contributed by atoms with Gasteiger partial charge in [-0.15, -0.1) is 0 Å². The third-order valence-corrected chi connectivity index (χ3v) is 5.02. The van der Waals surface area contributed by atoms with Gasteiger partial charge in [-0.1, -0.05) is 18.8 Å². The summed E-state index contributed by atoms with van der Waals surface area (Å²) in [5.41, 5.74) is 0.439. The lowest BCUT2D eigenvalue weighted by Crippen LogP contribution is -2.26. The number of benzene rings is 1. The summed E-state index contributed by atoms with van der Waals surface area (Å²) < 4.78 is 32.2. The van der Waals surface area contributed by atoms with Crippen LogP contribution in [0.3, 0.4) is 0 Å². The second-order valence-corrected chi connectivity index (χ2v) is 6.91. The molecule has 0 amide bonds. The first kappa shape index (κ1) is 15.8. The summed E-state index contributed by atoms with van der Waals surface area (Å²) in [6.07, 6.45) is 1.07. The molecule has 5 nitrogen and oxygen atoms in total. The average molecular weight is 309 g/mol. The maximum atomic E-state index is 12.2. The number of aliphatic hydroxyl groups excluding tert-OH is 1. The van der Waals surface area contributed by atoms with E-state index >= 15 is 0 Å². The molecular formula is C15H19NO4S. The molecule has 1 aromatic carbocycles. The lowest BCUT2D eigenvalue weighted by atomic mass is 10.2. The van der Waals surface area contributed by atoms with Gasteiger partial charge in [0.05, 0.1) is 17.6 Å². The summed E-state index contributed by atoms with van der Waals surface area (Å²) in [5, 5.41) is 8.75. The monoisotopic (exact) mass is 309 g/mol. The van der Waals surface area contributed by atoms with Gasteiger partial charge >= 0.3 is 0 Å². The van der Waals surface area contributed by atoms with E-state index in [0.717, 1.165) is 6.42 Å². The predicted octanol–water partition coefficient (Wildman–Crippen LogP) is 0.973. The Balaban J connectivity index is 2.21. The molecule has 1 fully saturated rings. The van der Waals surface area contributed by atoms with Crippen LogP contribution < -0.4 is 9.46 Å². The summed E-state index contributed by atoms with van der Waals surface area (Å²) >= 11 is 0. The summed E-state index contributed by atoms with van der Waals surface area (Å²) in [7, 11) is -2.06.